The van der Waals surface area contributed by atoms with Gasteiger partial charge in [-0.3, -0.25) is 0 Å². The van der Waals surface area contributed by atoms with Gasteiger partial charge in [0.05, 0.1) is 0 Å². The van der Waals surface area contributed by atoms with E-state index in [9.17, 15) is 0 Å². The van der Waals surface area contributed by atoms with Gasteiger partial charge in [0.25, 0.3) is 0 Å². The molecule has 1 fully saturated rings. The van der Waals surface area contributed by atoms with E-state index in [1.54, 1.807) is 0 Å². The Morgan fingerprint density at radius 1 is 1.36 bits per heavy atom. The van der Waals surface area contributed by atoms with Crippen molar-refractivity contribution in [3.8, 4) is 0 Å². The molecule has 0 aromatic carbocycles. The predicted octanol–water partition coefficient (Wildman–Crippen LogP) is 3.16. The summed E-state index contributed by atoms with van der Waals surface area (Å²) < 4.78 is 0. The SMILES string of the molecule is C=C(C)C1CC2C=CC1CC2. The molecule has 0 aromatic heterocycles. The largest absolute Gasteiger partial charge is 0.0998 e. The quantitative estimate of drug-likeness (QED) is 0.501. The maximum absolute atomic E-state index is 4.06. The van der Waals surface area contributed by atoms with E-state index in [0.717, 1.165) is 17.8 Å². The van der Waals surface area contributed by atoms with Crippen LogP contribution in [0.1, 0.15) is 26.2 Å². The van der Waals surface area contributed by atoms with E-state index in [1.165, 1.54) is 24.8 Å². The maximum Gasteiger partial charge on any atom is -0.0140 e. The van der Waals surface area contributed by atoms with E-state index >= 15 is 0 Å². The maximum atomic E-state index is 4.06. The summed E-state index contributed by atoms with van der Waals surface area (Å²) in [5.41, 5.74) is 1.39. The van der Waals surface area contributed by atoms with E-state index < -0.39 is 0 Å². The molecule has 60 valence electrons. The van der Waals surface area contributed by atoms with Crippen LogP contribution in [0.3, 0.4) is 0 Å². The molecule has 3 unspecified atom stereocenters. The Morgan fingerprint density at radius 2 is 2.18 bits per heavy atom. The van der Waals surface area contributed by atoms with Crippen molar-refractivity contribution in [1.82, 2.24) is 0 Å². The minimum absolute atomic E-state index is 0.804. The van der Waals surface area contributed by atoms with Gasteiger partial charge in [0.1, 0.15) is 0 Å². The summed E-state index contributed by atoms with van der Waals surface area (Å²) in [4.78, 5) is 0. The average molecular weight is 148 g/mol. The fourth-order valence-electron chi connectivity index (χ4n) is 2.50. The smallest absolute Gasteiger partial charge is 0.0140 e. The molecule has 3 rings (SSSR count). The molecule has 11 heavy (non-hydrogen) atoms. The number of allylic oxidation sites excluding steroid dienone is 3. The monoisotopic (exact) mass is 148 g/mol. The highest BCUT2D eigenvalue weighted by Gasteiger charge is 2.31. The first-order valence-electron chi connectivity index (χ1n) is 4.61. The summed E-state index contributed by atoms with van der Waals surface area (Å²) in [6.07, 6.45) is 9.02. The molecule has 3 aliphatic rings. The van der Waals surface area contributed by atoms with Crippen LogP contribution in [-0.2, 0) is 0 Å². The zero-order chi connectivity index (χ0) is 7.84. The Morgan fingerprint density at radius 3 is 2.45 bits per heavy atom. The summed E-state index contributed by atoms with van der Waals surface area (Å²) >= 11 is 0. The summed E-state index contributed by atoms with van der Waals surface area (Å²) in [7, 11) is 0. The lowest BCUT2D eigenvalue weighted by Gasteiger charge is -2.38. The van der Waals surface area contributed by atoms with Crippen molar-refractivity contribution in [2.24, 2.45) is 17.8 Å². The molecule has 1 saturated carbocycles. The summed E-state index contributed by atoms with van der Waals surface area (Å²) in [5, 5.41) is 0. The van der Waals surface area contributed by atoms with Crippen molar-refractivity contribution in [2.75, 3.05) is 0 Å². The molecule has 3 atom stereocenters. The van der Waals surface area contributed by atoms with Gasteiger partial charge >= 0.3 is 0 Å². The third-order valence-corrected chi connectivity index (χ3v) is 3.21. The van der Waals surface area contributed by atoms with Crippen LogP contribution in [0, 0.1) is 17.8 Å². The molecule has 0 radical (unpaired) electrons. The highest BCUT2D eigenvalue weighted by molar-refractivity contribution is 5.13. The van der Waals surface area contributed by atoms with Crippen molar-refractivity contribution in [3.05, 3.63) is 24.3 Å². The van der Waals surface area contributed by atoms with Crippen molar-refractivity contribution in [1.29, 1.82) is 0 Å². The molecule has 0 aromatic rings. The van der Waals surface area contributed by atoms with Crippen LogP contribution in [0.4, 0.5) is 0 Å². The normalized spacial score (nSPS) is 41.0. The topological polar surface area (TPSA) is 0 Å². The fraction of sp³-hybridized carbons (Fsp3) is 0.636. The number of hydrogen-bond acceptors (Lipinski definition) is 0. The fourth-order valence-corrected chi connectivity index (χ4v) is 2.50. The van der Waals surface area contributed by atoms with Gasteiger partial charge < -0.3 is 0 Å². The second kappa shape index (κ2) is 2.51. The molecular formula is C11H16. The van der Waals surface area contributed by atoms with Crippen LogP contribution in [0.5, 0.6) is 0 Å². The second-order valence-corrected chi connectivity index (χ2v) is 4.07. The zero-order valence-electron chi connectivity index (χ0n) is 7.22. The Hall–Kier alpha value is -0.520. The molecule has 0 heterocycles. The van der Waals surface area contributed by atoms with Crippen LogP contribution in [0.15, 0.2) is 24.3 Å². The second-order valence-electron chi connectivity index (χ2n) is 4.07. The first-order chi connectivity index (χ1) is 5.27. The Kier molecular flexibility index (Phi) is 1.63. The van der Waals surface area contributed by atoms with Gasteiger partial charge in [-0.2, -0.15) is 0 Å². The first-order valence-corrected chi connectivity index (χ1v) is 4.61. The number of hydrogen-bond donors (Lipinski definition) is 0. The molecular weight excluding hydrogens is 132 g/mol. The summed E-state index contributed by atoms with van der Waals surface area (Å²) in [5.74, 6) is 2.51. The lowest BCUT2D eigenvalue weighted by atomic mass is 9.67. The van der Waals surface area contributed by atoms with Gasteiger partial charge in [0, 0.05) is 0 Å². The van der Waals surface area contributed by atoms with Gasteiger partial charge in [-0.25, -0.2) is 0 Å². The van der Waals surface area contributed by atoms with Crippen LogP contribution < -0.4 is 0 Å². The molecule has 0 saturated heterocycles. The van der Waals surface area contributed by atoms with Crippen molar-refractivity contribution >= 4 is 0 Å². The Balaban J connectivity index is 2.17. The molecule has 0 aliphatic heterocycles. The lowest BCUT2D eigenvalue weighted by molar-refractivity contribution is 0.253. The van der Waals surface area contributed by atoms with E-state index in [1.807, 2.05) is 0 Å². The van der Waals surface area contributed by atoms with E-state index in [2.05, 4.69) is 25.7 Å². The molecule has 0 amide bonds. The van der Waals surface area contributed by atoms with Crippen molar-refractivity contribution < 1.29 is 0 Å². The van der Waals surface area contributed by atoms with Gasteiger partial charge in [0.2, 0.25) is 0 Å². The number of fused-ring (bicyclic) bond motifs is 2. The molecule has 0 spiro atoms. The van der Waals surface area contributed by atoms with E-state index in [4.69, 9.17) is 0 Å². The molecule has 0 heteroatoms. The third-order valence-electron chi connectivity index (χ3n) is 3.21. The Labute approximate surface area is 69.0 Å². The standard InChI is InChI=1S/C11H16/c1-8(2)11-7-9-3-5-10(11)6-4-9/h3,5,9-11H,1,4,6-7H2,2H3. The van der Waals surface area contributed by atoms with Crippen LogP contribution in [0.2, 0.25) is 0 Å². The molecule has 0 nitrogen and oxygen atoms in total. The van der Waals surface area contributed by atoms with Crippen LogP contribution in [0.25, 0.3) is 0 Å². The summed E-state index contributed by atoms with van der Waals surface area (Å²) in [6.45, 7) is 6.24. The summed E-state index contributed by atoms with van der Waals surface area (Å²) in [6, 6.07) is 0. The van der Waals surface area contributed by atoms with Crippen LogP contribution in [-0.4, -0.2) is 0 Å². The van der Waals surface area contributed by atoms with Crippen molar-refractivity contribution in [3.63, 3.8) is 0 Å². The lowest BCUT2D eigenvalue weighted by Crippen LogP contribution is -2.27. The van der Waals surface area contributed by atoms with E-state index in [0.29, 0.717) is 0 Å². The molecule has 2 bridgehead atoms. The molecule has 0 N–H and O–H groups in total. The highest BCUT2D eigenvalue weighted by Crippen LogP contribution is 2.42. The third kappa shape index (κ3) is 1.15. The van der Waals surface area contributed by atoms with Gasteiger partial charge in [-0.1, -0.05) is 24.3 Å². The number of rotatable bonds is 1. The van der Waals surface area contributed by atoms with Gasteiger partial charge in [-0.05, 0) is 43.9 Å². The highest BCUT2D eigenvalue weighted by atomic mass is 14.4. The Bertz CT molecular complexity index is 200. The average Bonchev–Trinajstić information content (AvgIpc) is 2.06. The first kappa shape index (κ1) is 7.15. The van der Waals surface area contributed by atoms with Crippen LogP contribution >= 0.6 is 0 Å². The van der Waals surface area contributed by atoms with Crippen molar-refractivity contribution in [2.45, 2.75) is 26.2 Å². The predicted molar refractivity (Wildman–Crippen MR) is 48.3 cm³/mol. The minimum atomic E-state index is 0.804. The van der Waals surface area contributed by atoms with E-state index in [-0.39, 0.29) is 0 Å². The van der Waals surface area contributed by atoms with Gasteiger partial charge in [0.15, 0.2) is 0 Å². The minimum Gasteiger partial charge on any atom is -0.0998 e. The van der Waals surface area contributed by atoms with Gasteiger partial charge in [-0.15, -0.1) is 0 Å². The zero-order valence-corrected chi connectivity index (χ0v) is 7.22. The molecule has 3 aliphatic carbocycles.